The summed E-state index contributed by atoms with van der Waals surface area (Å²) in [7, 11) is -9.28. The molecule has 0 aromatic heterocycles. The van der Waals surface area contributed by atoms with Gasteiger partial charge in [-0.25, -0.2) is 0 Å². The first-order chi connectivity index (χ1) is 16.5. The van der Waals surface area contributed by atoms with E-state index in [0.29, 0.717) is 5.69 Å². The molecule has 13 heteroatoms. The molecule has 0 saturated heterocycles. The van der Waals surface area contributed by atoms with Crippen LogP contribution < -0.4 is 5.73 Å². The number of hydrogen-bond acceptors (Lipinski definition) is 9. The van der Waals surface area contributed by atoms with Gasteiger partial charge >= 0.3 is 0 Å². The quantitative estimate of drug-likeness (QED) is 0.167. The number of nitrogens with zero attached hydrogens (tertiary/aromatic N) is 4. The van der Waals surface area contributed by atoms with Crippen molar-refractivity contribution in [3.05, 3.63) is 78.9 Å². The van der Waals surface area contributed by atoms with E-state index in [4.69, 9.17) is 5.73 Å². The Hall–Kier alpha value is -4.04. The molecule has 0 aliphatic heterocycles. The second-order valence-corrected chi connectivity index (χ2v) is 9.97. The van der Waals surface area contributed by atoms with Crippen LogP contribution in [0, 0.1) is 0 Å². The molecule has 4 aromatic carbocycles. The molecule has 0 bridgehead atoms. The van der Waals surface area contributed by atoms with Crippen LogP contribution in [0.2, 0.25) is 0 Å². The second kappa shape index (κ2) is 9.31. The molecule has 4 rings (SSSR count). The van der Waals surface area contributed by atoms with Crippen molar-refractivity contribution in [3.63, 3.8) is 0 Å². The van der Waals surface area contributed by atoms with E-state index in [1.54, 1.807) is 24.3 Å². The van der Waals surface area contributed by atoms with Crippen LogP contribution in [0.25, 0.3) is 10.8 Å². The van der Waals surface area contributed by atoms with Crippen LogP contribution in [0.3, 0.4) is 0 Å². The number of fused-ring (bicyclic) bond motifs is 1. The molecular weight excluding hydrogens is 494 g/mol. The smallest absolute Gasteiger partial charge is 0.296 e. The number of nitrogens with two attached hydrogens (primary N) is 1. The summed E-state index contributed by atoms with van der Waals surface area (Å²) >= 11 is 0. The molecule has 0 aliphatic rings. The summed E-state index contributed by atoms with van der Waals surface area (Å²) in [5.41, 5.74) is 6.65. The van der Waals surface area contributed by atoms with Crippen molar-refractivity contribution in [1.29, 1.82) is 0 Å². The van der Waals surface area contributed by atoms with Crippen LogP contribution >= 0.6 is 0 Å². The first-order valence-corrected chi connectivity index (χ1v) is 12.7. The van der Waals surface area contributed by atoms with Gasteiger partial charge in [0.2, 0.25) is 0 Å². The van der Waals surface area contributed by atoms with Gasteiger partial charge < -0.3 is 5.73 Å². The zero-order chi connectivity index (χ0) is 25.2. The molecule has 0 heterocycles. The SMILES string of the molecule is Nc1ccc(N=Nc2ccc(N=Nc3ccccc3)cc2S(=O)(=O)O)c2cccc(S(=O)(=O)O)c12. The zero-order valence-corrected chi connectivity index (χ0v) is 19.3. The Morgan fingerprint density at radius 2 is 1.23 bits per heavy atom. The molecule has 0 spiro atoms. The lowest BCUT2D eigenvalue weighted by molar-refractivity contribution is 0.481. The molecule has 0 saturated carbocycles. The average molecular weight is 512 g/mol. The summed E-state index contributed by atoms with van der Waals surface area (Å²) in [6.45, 7) is 0. The lowest BCUT2D eigenvalue weighted by atomic mass is 10.1. The van der Waals surface area contributed by atoms with E-state index >= 15 is 0 Å². The highest BCUT2D eigenvalue weighted by atomic mass is 32.2. The van der Waals surface area contributed by atoms with E-state index in [9.17, 15) is 25.9 Å². The topological polar surface area (TPSA) is 184 Å². The van der Waals surface area contributed by atoms with Gasteiger partial charge in [-0.15, -0.1) is 10.2 Å². The van der Waals surface area contributed by atoms with E-state index in [1.165, 1.54) is 42.5 Å². The van der Waals surface area contributed by atoms with Crippen LogP contribution in [0.5, 0.6) is 0 Å². The van der Waals surface area contributed by atoms with Gasteiger partial charge in [-0.05, 0) is 48.5 Å². The minimum atomic E-state index is -4.71. The van der Waals surface area contributed by atoms with Crippen LogP contribution in [-0.2, 0) is 20.2 Å². The maximum Gasteiger partial charge on any atom is 0.296 e. The van der Waals surface area contributed by atoms with Gasteiger partial charge in [0.25, 0.3) is 20.2 Å². The van der Waals surface area contributed by atoms with Crippen molar-refractivity contribution in [2.75, 3.05) is 5.73 Å². The molecule has 178 valence electrons. The highest BCUT2D eigenvalue weighted by Gasteiger charge is 2.19. The maximum absolute atomic E-state index is 12.0. The highest BCUT2D eigenvalue weighted by Crippen LogP contribution is 2.37. The number of anilines is 1. The molecule has 0 amide bonds. The summed E-state index contributed by atoms with van der Waals surface area (Å²) < 4.78 is 66.7. The molecule has 11 nitrogen and oxygen atoms in total. The summed E-state index contributed by atoms with van der Waals surface area (Å²) in [4.78, 5) is -0.958. The zero-order valence-electron chi connectivity index (χ0n) is 17.7. The fourth-order valence-corrected chi connectivity index (χ4v) is 4.64. The van der Waals surface area contributed by atoms with Gasteiger partial charge in [0.1, 0.15) is 15.5 Å². The molecule has 35 heavy (non-hydrogen) atoms. The summed E-state index contributed by atoms with van der Waals surface area (Å²) in [6.07, 6.45) is 0. The van der Waals surface area contributed by atoms with Gasteiger partial charge in [0, 0.05) is 16.5 Å². The normalized spacial score (nSPS) is 12.6. The Labute approximate surface area is 200 Å². The van der Waals surface area contributed by atoms with Gasteiger partial charge in [-0.2, -0.15) is 27.1 Å². The van der Waals surface area contributed by atoms with Gasteiger partial charge in [-0.3, -0.25) is 9.11 Å². The van der Waals surface area contributed by atoms with E-state index in [-0.39, 0.29) is 33.5 Å². The molecule has 0 radical (unpaired) electrons. The van der Waals surface area contributed by atoms with Crippen LogP contribution in [-0.4, -0.2) is 25.9 Å². The predicted octanol–water partition coefficient (Wildman–Crippen LogP) is 5.75. The number of hydrogen-bond donors (Lipinski definition) is 3. The van der Waals surface area contributed by atoms with Crippen LogP contribution in [0.1, 0.15) is 0 Å². The minimum Gasteiger partial charge on any atom is -0.398 e. The number of nitrogen functional groups attached to an aromatic ring is 1. The van der Waals surface area contributed by atoms with Crippen molar-refractivity contribution in [3.8, 4) is 0 Å². The second-order valence-electron chi connectivity index (χ2n) is 7.19. The van der Waals surface area contributed by atoms with Crippen LogP contribution in [0.4, 0.5) is 28.4 Å². The Bertz CT molecular complexity index is 1700. The van der Waals surface area contributed by atoms with Crippen molar-refractivity contribution in [1.82, 2.24) is 0 Å². The first-order valence-electron chi connectivity index (χ1n) is 9.83. The molecule has 0 unspecified atom stereocenters. The number of rotatable bonds is 6. The molecule has 4 aromatic rings. The first kappa shape index (κ1) is 24.1. The molecule has 0 fully saturated rings. The molecular formula is C22H17N5O6S2. The van der Waals surface area contributed by atoms with Gasteiger partial charge in [-0.1, -0.05) is 30.3 Å². The fraction of sp³-hybridized carbons (Fsp3) is 0. The average Bonchev–Trinajstić information content (AvgIpc) is 2.82. The third kappa shape index (κ3) is 5.38. The third-order valence-corrected chi connectivity index (χ3v) is 6.59. The number of azo groups is 2. The maximum atomic E-state index is 12.0. The lowest BCUT2D eigenvalue weighted by Crippen LogP contribution is -2.01. The monoisotopic (exact) mass is 511 g/mol. The summed E-state index contributed by atoms with van der Waals surface area (Å²) in [6, 6.07) is 19.5. The fourth-order valence-electron chi connectivity index (χ4n) is 3.26. The minimum absolute atomic E-state index is 0.0399. The summed E-state index contributed by atoms with van der Waals surface area (Å²) in [5.74, 6) is 0. The molecule has 0 aliphatic carbocycles. The summed E-state index contributed by atoms with van der Waals surface area (Å²) in [5, 5.41) is 16.2. The van der Waals surface area contributed by atoms with E-state index in [0.717, 1.165) is 6.07 Å². The Morgan fingerprint density at radius 3 is 1.91 bits per heavy atom. The molecule has 4 N–H and O–H groups in total. The Kier molecular flexibility index (Phi) is 6.41. The van der Waals surface area contributed by atoms with Crippen molar-refractivity contribution in [2.24, 2.45) is 20.5 Å². The Morgan fingerprint density at radius 1 is 0.600 bits per heavy atom. The Balaban J connectivity index is 1.78. The van der Waals surface area contributed by atoms with Gasteiger partial charge in [0.05, 0.1) is 17.1 Å². The highest BCUT2D eigenvalue weighted by molar-refractivity contribution is 7.86. The van der Waals surface area contributed by atoms with E-state index < -0.39 is 30.0 Å². The standard InChI is InChI=1S/C22H17N5O6S2/c23-17-10-12-18(16-7-4-8-20(22(16)17)34(28,29)30)26-27-19-11-9-15(13-21(19)35(31,32)33)25-24-14-5-2-1-3-6-14/h1-13H,23H2,(H,28,29,30)(H,31,32,33). The number of benzene rings is 4. The largest absolute Gasteiger partial charge is 0.398 e. The van der Waals surface area contributed by atoms with Crippen molar-refractivity contribution < 1.29 is 25.9 Å². The van der Waals surface area contributed by atoms with Gasteiger partial charge in [0.15, 0.2) is 0 Å². The third-order valence-electron chi connectivity index (χ3n) is 4.81. The van der Waals surface area contributed by atoms with Crippen molar-refractivity contribution >= 4 is 59.4 Å². The van der Waals surface area contributed by atoms with E-state index in [1.807, 2.05) is 6.07 Å². The van der Waals surface area contributed by atoms with Crippen LogP contribution in [0.15, 0.2) is 109 Å². The van der Waals surface area contributed by atoms with E-state index in [2.05, 4.69) is 20.5 Å². The molecule has 0 atom stereocenters. The lowest BCUT2D eigenvalue weighted by Gasteiger charge is -2.09. The van der Waals surface area contributed by atoms with Crippen molar-refractivity contribution in [2.45, 2.75) is 9.79 Å². The predicted molar refractivity (Wildman–Crippen MR) is 129 cm³/mol.